The van der Waals surface area contributed by atoms with E-state index in [1.807, 2.05) is 57.2 Å². The highest BCUT2D eigenvalue weighted by Gasteiger charge is 2.17. The van der Waals surface area contributed by atoms with Crippen LogP contribution in [0.4, 0.5) is 4.79 Å². The summed E-state index contributed by atoms with van der Waals surface area (Å²) in [5.74, 6) is 0. The monoisotopic (exact) mass is 272 g/mol. The molecule has 1 aromatic carbocycles. The SMILES string of the molecule is CC(C)(C)OC(=O)NCC1=C[C@H](c2ccccc2)N=C1. The van der Waals surface area contributed by atoms with Crippen LogP contribution < -0.4 is 5.32 Å². The Kier molecular flexibility index (Phi) is 4.23. The van der Waals surface area contributed by atoms with Crippen molar-refractivity contribution in [2.24, 2.45) is 4.99 Å². The molecular weight excluding hydrogens is 252 g/mol. The summed E-state index contributed by atoms with van der Waals surface area (Å²) >= 11 is 0. The molecule has 1 aliphatic heterocycles. The highest BCUT2D eigenvalue weighted by Crippen LogP contribution is 2.23. The quantitative estimate of drug-likeness (QED) is 0.918. The Bertz CT molecular complexity index is 527. The van der Waals surface area contributed by atoms with Crippen molar-refractivity contribution in [3.8, 4) is 0 Å². The molecule has 0 bridgehead atoms. The second-order valence-electron chi connectivity index (χ2n) is 5.73. The summed E-state index contributed by atoms with van der Waals surface area (Å²) in [6.07, 6.45) is 3.44. The third-order valence-corrected chi connectivity index (χ3v) is 2.75. The molecule has 1 heterocycles. The van der Waals surface area contributed by atoms with E-state index in [1.165, 1.54) is 0 Å². The highest BCUT2D eigenvalue weighted by atomic mass is 16.6. The standard InChI is InChI=1S/C16H20N2O2/c1-16(2,3)20-15(19)18-11-12-9-14(17-10-12)13-7-5-4-6-8-13/h4-10,14H,11H2,1-3H3,(H,18,19)/t14-/m1/s1. The van der Waals surface area contributed by atoms with Gasteiger partial charge in [-0.25, -0.2) is 4.79 Å². The largest absolute Gasteiger partial charge is 0.444 e. The van der Waals surface area contributed by atoms with Crippen molar-refractivity contribution < 1.29 is 9.53 Å². The average Bonchev–Trinajstić information content (AvgIpc) is 2.84. The first-order chi connectivity index (χ1) is 9.44. The van der Waals surface area contributed by atoms with Crippen LogP contribution in [0.25, 0.3) is 0 Å². The highest BCUT2D eigenvalue weighted by molar-refractivity contribution is 5.83. The maximum atomic E-state index is 11.6. The molecule has 0 unspecified atom stereocenters. The molecule has 1 N–H and O–H groups in total. The lowest BCUT2D eigenvalue weighted by molar-refractivity contribution is 0.0533. The Morgan fingerprint density at radius 1 is 1.30 bits per heavy atom. The topological polar surface area (TPSA) is 50.7 Å². The number of ether oxygens (including phenoxy) is 1. The number of rotatable bonds is 3. The molecule has 1 atom stereocenters. The van der Waals surface area contributed by atoms with Crippen molar-refractivity contribution >= 4 is 12.3 Å². The van der Waals surface area contributed by atoms with Gasteiger partial charge in [0.2, 0.25) is 0 Å². The zero-order chi connectivity index (χ0) is 14.6. The van der Waals surface area contributed by atoms with Crippen LogP contribution in [0.1, 0.15) is 32.4 Å². The number of nitrogens with one attached hydrogen (secondary N) is 1. The third kappa shape index (κ3) is 4.23. The number of hydrogen-bond donors (Lipinski definition) is 1. The van der Waals surface area contributed by atoms with Crippen LogP contribution in [0.15, 0.2) is 47.0 Å². The van der Waals surface area contributed by atoms with Crippen LogP contribution in [-0.2, 0) is 4.74 Å². The van der Waals surface area contributed by atoms with Gasteiger partial charge in [0.05, 0.1) is 6.04 Å². The second kappa shape index (κ2) is 5.90. The molecule has 2 rings (SSSR count). The van der Waals surface area contributed by atoms with Crippen molar-refractivity contribution in [1.82, 2.24) is 5.32 Å². The maximum Gasteiger partial charge on any atom is 0.407 e. The lowest BCUT2D eigenvalue weighted by atomic mass is 10.1. The minimum atomic E-state index is -0.477. The normalized spacial score (nSPS) is 17.8. The van der Waals surface area contributed by atoms with Crippen molar-refractivity contribution in [3.05, 3.63) is 47.5 Å². The first kappa shape index (κ1) is 14.3. The minimum absolute atomic E-state index is 0.0478. The molecule has 0 aliphatic carbocycles. The Morgan fingerprint density at radius 2 is 2.00 bits per heavy atom. The lowest BCUT2D eigenvalue weighted by Crippen LogP contribution is -2.33. The third-order valence-electron chi connectivity index (χ3n) is 2.75. The molecule has 106 valence electrons. The number of alkyl carbamates (subject to hydrolysis) is 1. The summed E-state index contributed by atoms with van der Waals surface area (Å²) in [5.41, 5.74) is 1.66. The van der Waals surface area contributed by atoms with Crippen LogP contribution in [-0.4, -0.2) is 24.5 Å². The number of carbonyl (C=O) groups is 1. The molecule has 0 aromatic heterocycles. The number of aliphatic imine (C=N–C) groups is 1. The first-order valence-corrected chi connectivity index (χ1v) is 6.70. The van der Waals surface area contributed by atoms with E-state index in [9.17, 15) is 4.79 Å². The lowest BCUT2D eigenvalue weighted by Gasteiger charge is -2.19. The molecule has 0 saturated carbocycles. The van der Waals surface area contributed by atoms with Crippen molar-refractivity contribution in [2.45, 2.75) is 32.4 Å². The average molecular weight is 272 g/mol. The number of nitrogens with zero attached hydrogens (tertiary/aromatic N) is 1. The van der Waals surface area contributed by atoms with Gasteiger partial charge in [-0.1, -0.05) is 30.3 Å². The van der Waals surface area contributed by atoms with Gasteiger partial charge in [-0.15, -0.1) is 0 Å². The van der Waals surface area contributed by atoms with E-state index in [4.69, 9.17) is 4.74 Å². The summed E-state index contributed by atoms with van der Waals surface area (Å²) < 4.78 is 5.19. The molecule has 4 heteroatoms. The van der Waals surface area contributed by atoms with E-state index in [0.29, 0.717) is 6.54 Å². The fourth-order valence-electron chi connectivity index (χ4n) is 1.89. The van der Waals surface area contributed by atoms with Gasteiger partial charge in [-0.05, 0) is 38.0 Å². The molecule has 0 saturated heterocycles. The van der Waals surface area contributed by atoms with Crippen LogP contribution in [0.3, 0.4) is 0 Å². The Balaban J connectivity index is 1.87. The molecule has 4 nitrogen and oxygen atoms in total. The predicted octanol–water partition coefficient (Wildman–Crippen LogP) is 3.26. The van der Waals surface area contributed by atoms with Crippen molar-refractivity contribution in [2.75, 3.05) is 6.54 Å². The molecular formula is C16H20N2O2. The van der Waals surface area contributed by atoms with Crippen molar-refractivity contribution in [3.63, 3.8) is 0 Å². The van der Waals surface area contributed by atoms with E-state index < -0.39 is 11.7 Å². The summed E-state index contributed by atoms with van der Waals surface area (Å²) in [7, 11) is 0. The van der Waals surface area contributed by atoms with Gasteiger partial charge in [0.15, 0.2) is 0 Å². The Labute approximate surface area is 119 Å². The van der Waals surface area contributed by atoms with Crippen LogP contribution in [0, 0.1) is 0 Å². The maximum absolute atomic E-state index is 11.6. The summed E-state index contributed by atoms with van der Waals surface area (Å²) in [5, 5.41) is 2.73. The van der Waals surface area contributed by atoms with E-state index >= 15 is 0 Å². The minimum Gasteiger partial charge on any atom is -0.444 e. The van der Waals surface area contributed by atoms with E-state index in [0.717, 1.165) is 11.1 Å². The predicted molar refractivity (Wildman–Crippen MR) is 80.0 cm³/mol. The van der Waals surface area contributed by atoms with Crippen molar-refractivity contribution in [1.29, 1.82) is 0 Å². The molecule has 0 radical (unpaired) electrons. The summed E-state index contributed by atoms with van der Waals surface area (Å²) in [4.78, 5) is 16.0. The fraction of sp³-hybridized carbons (Fsp3) is 0.375. The van der Waals surface area contributed by atoms with Gasteiger partial charge < -0.3 is 10.1 Å². The zero-order valence-electron chi connectivity index (χ0n) is 12.1. The van der Waals surface area contributed by atoms with E-state index in [2.05, 4.69) is 10.3 Å². The Morgan fingerprint density at radius 3 is 2.65 bits per heavy atom. The van der Waals surface area contributed by atoms with Crippen LogP contribution in [0.5, 0.6) is 0 Å². The molecule has 1 aromatic rings. The first-order valence-electron chi connectivity index (χ1n) is 6.70. The van der Waals surface area contributed by atoms with E-state index in [-0.39, 0.29) is 6.04 Å². The number of benzene rings is 1. The molecule has 1 aliphatic rings. The van der Waals surface area contributed by atoms with Gasteiger partial charge in [-0.2, -0.15) is 0 Å². The second-order valence-corrected chi connectivity index (χ2v) is 5.73. The Hall–Kier alpha value is -2.10. The van der Waals surface area contributed by atoms with E-state index in [1.54, 1.807) is 6.21 Å². The molecule has 0 fully saturated rings. The summed E-state index contributed by atoms with van der Waals surface area (Å²) in [6, 6.07) is 10.1. The van der Waals surface area contributed by atoms with Gasteiger partial charge in [0.1, 0.15) is 5.60 Å². The summed E-state index contributed by atoms with van der Waals surface area (Å²) in [6.45, 7) is 5.96. The molecule has 1 amide bonds. The smallest absolute Gasteiger partial charge is 0.407 e. The van der Waals surface area contributed by atoms with Crippen LogP contribution >= 0.6 is 0 Å². The fourth-order valence-corrected chi connectivity index (χ4v) is 1.89. The van der Waals surface area contributed by atoms with Crippen LogP contribution in [0.2, 0.25) is 0 Å². The zero-order valence-corrected chi connectivity index (χ0v) is 12.1. The number of carbonyl (C=O) groups excluding carboxylic acids is 1. The number of amides is 1. The van der Waals surface area contributed by atoms with Gasteiger partial charge in [0.25, 0.3) is 0 Å². The van der Waals surface area contributed by atoms with Gasteiger partial charge in [0, 0.05) is 12.8 Å². The molecule has 20 heavy (non-hydrogen) atoms. The molecule has 0 spiro atoms. The van der Waals surface area contributed by atoms with Gasteiger partial charge in [-0.3, -0.25) is 4.99 Å². The number of hydrogen-bond acceptors (Lipinski definition) is 3. The van der Waals surface area contributed by atoms with Gasteiger partial charge >= 0.3 is 6.09 Å².